The predicted molar refractivity (Wildman–Crippen MR) is 104 cm³/mol. The zero-order chi connectivity index (χ0) is 18.8. The molecule has 0 bridgehead atoms. The maximum absolute atomic E-state index is 12.8. The van der Waals surface area contributed by atoms with Crippen LogP contribution in [0.25, 0.3) is 10.9 Å². The summed E-state index contributed by atoms with van der Waals surface area (Å²) in [6, 6.07) is 11.4. The van der Waals surface area contributed by atoms with Crippen molar-refractivity contribution in [3.05, 3.63) is 59.1 Å². The van der Waals surface area contributed by atoms with Crippen molar-refractivity contribution in [2.45, 2.75) is 32.9 Å². The molecule has 0 aliphatic heterocycles. The number of halogens is 1. The standard InChI is InChI=1S/C21H21ClN2O3/c1-2-26-17-7-8-19-15(11-17)10-16(20(22)23-19)12-24(21(25)14-5-6-14)13-18-4-3-9-27-18/h3-4,7-11,14H,2,5-6,12-13H2,1H3. The fourth-order valence-electron chi connectivity index (χ4n) is 3.14. The molecule has 1 aromatic carbocycles. The Morgan fingerprint density at radius 2 is 2.15 bits per heavy atom. The molecule has 1 amide bonds. The van der Waals surface area contributed by atoms with Gasteiger partial charge in [0.2, 0.25) is 5.91 Å². The topological polar surface area (TPSA) is 55.6 Å². The summed E-state index contributed by atoms with van der Waals surface area (Å²) < 4.78 is 11.0. The number of benzene rings is 1. The van der Waals surface area contributed by atoms with Crippen LogP contribution in [0.15, 0.2) is 47.1 Å². The first kappa shape index (κ1) is 17.9. The summed E-state index contributed by atoms with van der Waals surface area (Å²) in [7, 11) is 0. The van der Waals surface area contributed by atoms with Gasteiger partial charge in [0.15, 0.2) is 0 Å². The van der Waals surface area contributed by atoms with Crippen molar-refractivity contribution >= 4 is 28.4 Å². The Labute approximate surface area is 162 Å². The smallest absolute Gasteiger partial charge is 0.226 e. The van der Waals surface area contributed by atoms with Crippen LogP contribution in [0.3, 0.4) is 0 Å². The minimum absolute atomic E-state index is 0.122. The highest BCUT2D eigenvalue weighted by Gasteiger charge is 2.34. The van der Waals surface area contributed by atoms with Crippen LogP contribution in [-0.2, 0) is 17.9 Å². The summed E-state index contributed by atoms with van der Waals surface area (Å²) in [6.07, 6.45) is 3.53. The quantitative estimate of drug-likeness (QED) is 0.548. The Kier molecular flexibility index (Phi) is 5.03. The highest BCUT2D eigenvalue weighted by Crippen LogP contribution is 2.33. The van der Waals surface area contributed by atoms with E-state index in [1.54, 1.807) is 11.2 Å². The van der Waals surface area contributed by atoms with E-state index in [-0.39, 0.29) is 11.8 Å². The van der Waals surface area contributed by atoms with Crippen molar-refractivity contribution in [1.82, 2.24) is 9.88 Å². The molecule has 3 aromatic rings. The summed E-state index contributed by atoms with van der Waals surface area (Å²) in [5.41, 5.74) is 1.62. The molecule has 27 heavy (non-hydrogen) atoms. The Hall–Kier alpha value is -2.53. The Balaban J connectivity index is 1.63. The minimum atomic E-state index is 0.122. The molecule has 0 radical (unpaired) electrons. The second-order valence-corrected chi connectivity index (χ2v) is 7.13. The van der Waals surface area contributed by atoms with Crippen LogP contribution in [0.1, 0.15) is 31.1 Å². The number of furan rings is 1. The number of carbonyl (C=O) groups is 1. The first-order valence-electron chi connectivity index (χ1n) is 9.17. The third-order valence-electron chi connectivity index (χ3n) is 4.65. The molecule has 0 N–H and O–H groups in total. The molecule has 0 atom stereocenters. The van der Waals surface area contributed by atoms with Crippen LogP contribution >= 0.6 is 11.6 Å². The average molecular weight is 385 g/mol. The van der Waals surface area contributed by atoms with Crippen molar-refractivity contribution in [1.29, 1.82) is 0 Å². The molecule has 0 saturated heterocycles. The van der Waals surface area contributed by atoms with E-state index in [4.69, 9.17) is 20.8 Å². The van der Waals surface area contributed by atoms with E-state index in [1.165, 1.54) is 0 Å². The van der Waals surface area contributed by atoms with E-state index in [0.717, 1.165) is 40.8 Å². The average Bonchev–Trinajstić information content (AvgIpc) is 3.38. The highest BCUT2D eigenvalue weighted by atomic mass is 35.5. The van der Waals surface area contributed by atoms with Gasteiger partial charge < -0.3 is 14.1 Å². The molecule has 5 nitrogen and oxygen atoms in total. The van der Waals surface area contributed by atoms with E-state index in [1.807, 2.05) is 43.3 Å². The van der Waals surface area contributed by atoms with Gasteiger partial charge in [-0.15, -0.1) is 0 Å². The van der Waals surface area contributed by atoms with Crippen molar-refractivity contribution in [2.75, 3.05) is 6.61 Å². The van der Waals surface area contributed by atoms with Gasteiger partial charge in [0.05, 0.1) is 24.9 Å². The van der Waals surface area contributed by atoms with Crippen molar-refractivity contribution in [3.63, 3.8) is 0 Å². The second-order valence-electron chi connectivity index (χ2n) is 6.77. The molecule has 1 aliphatic carbocycles. The molecule has 1 saturated carbocycles. The number of carbonyl (C=O) groups excluding carboxylic acids is 1. The lowest BCUT2D eigenvalue weighted by Crippen LogP contribution is -2.31. The molecule has 4 rings (SSSR count). The third kappa shape index (κ3) is 4.08. The first-order valence-corrected chi connectivity index (χ1v) is 9.55. The van der Waals surface area contributed by atoms with Crippen LogP contribution in [0.2, 0.25) is 5.15 Å². The van der Waals surface area contributed by atoms with E-state index in [2.05, 4.69) is 4.98 Å². The van der Waals surface area contributed by atoms with Crippen LogP contribution in [0, 0.1) is 5.92 Å². The van der Waals surface area contributed by atoms with E-state index < -0.39 is 0 Å². The van der Waals surface area contributed by atoms with Gasteiger partial charge in [0, 0.05) is 23.4 Å². The summed E-state index contributed by atoms with van der Waals surface area (Å²) in [5, 5.41) is 1.36. The Morgan fingerprint density at radius 3 is 2.85 bits per heavy atom. The number of ether oxygens (including phenoxy) is 1. The van der Waals surface area contributed by atoms with Crippen molar-refractivity contribution in [3.8, 4) is 5.75 Å². The first-order chi connectivity index (χ1) is 13.1. The number of nitrogens with zero attached hydrogens (tertiary/aromatic N) is 2. The number of aromatic nitrogens is 1. The maximum atomic E-state index is 12.8. The number of pyridine rings is 1. The molecule has 0 spiro atoms. The van der Waals surface area contributed by atoms with E-state index in [9.17, 15) is 4.79 Å². The number of hydrogen-bond acceptors (Lipinski definition) is 4. The number of hydrogen-bond donors (Lipinski definition) is 0. The van der Waals surface area contributed by atoms with E-state index >= 15 is 0 Å². The largest absolute Gasteiger partial charge is 0.494 e. The van der Waals surface area contributed by atoms with Gasteiger partial charge in [0.1, 0.15) is 16.7 Å². The van der Waals surface area contributed by atoms with Gasteiger partial charge in [-0.25, -0.2) is 4.98 Å². The fourth-order valence-corrected chi connectivity index (χ4v) is 3.34. The second kappa shape index (κ2) is 7.61. The van der Waals surface area contributed by atoms with Crippen molar-refractivity contribution in [2.24, 2.45) is 5.92 Å². The van der Waals surface area contributed by atoms with Crippen molar-refractivity contribution < 1.29 is 13.9 Å². The Bertz CT molecular complexity index is 951. The highest BCUT2D eigenvalue weighted by molar-refractivity contribution is 6.30. The fraction of sp³-hybridized carbons (Fsp3) is 0.333. The summed E-state index contributed by atoms with van der Waals surface area (Å²) in [5.74, 6) is 1.82. The van der Waals surface area contributed by atoms with Gasteiger partial charge in [-0.1, -0.05) is 11.6 Å². The van der Waals surface area contributed by atoms with Gasteiger partial charge >= 0.3 is 0 Å². The lowest BCUT2D eigenvalue weighted by atomic mass is 10.1. The van der Waals surface area contributed by atoms with Gasteiger partial charge in [0.25, 0.3) is 0 Å². The van der Waals surface area contributed by atoms with Crippen LogP contribution in [0.5, 0.6) is 5.75 Å². The lowest BCUT2D eigenvalue weighted by Gasteiger charge is -2.22. The lowest BCUT2D eigenvalue weighted by molar-refractivity contribution is -0.134. The monoisotopic (exact) mass is 384 g/mol. The van der Waals surface area contributed by atoms with E-state index in [0.29, 0.717) is 24.8 Å². The molecule has 1 aliphatic rings. The van der Waals surface area contributed by atoms with Crippen LogP contribution in [0.4, 0.5) is 0 Å². The Morgan fingerprint density at radius 1 is 1.30 bits per heavy atom. The number of rotatable bonds is 7. The maximum Gasteiger partial charge on any atom is 0.226 e. The summed E-state index contributed by atoms with van der Waals surface area (Å²) in [4.78, 5) is 19.0. The SMILES string of the molecule is CCOc1ccc2nc(Cl)c(CN(Cc3ccco3)C(=O)C3CC3)cc2c1. The molecule has 2 heterocycles. The molecule has 6 heteroatoms. The molecule has 1 fully saturated rings. The predicted octanol–water partition coefficient (Wildman–Crippen LogP) is 4.82. The number of amides is 1. The molecular weight excluding hydrogens is 364 g/mol. The van der Waals surface area contributed by atoms with Crippen LogP contribution < -0.4 is 4.74 Å². The molecule has 2 aromatic heterocycles. The van der Waals surface area contributed by atoms with Gasteiger partial charge in [-0.3, -0.25) is 4.79 Å². The van der Waals surface area contributed by atoms with Gasteiger partial charge in [-0.05, 0) is 56.2 Å². The third-order valence-corrected chi connectivity index (χ3v) is 4.98. The zero-order valence-corrected chi connectivity index (χ0v) is 15.9. The summed E-state index contributed by atoms with van der Waals surface area (Å²) >= 11 is 6.43. The normalized spacial score (nSPS) is 13.7. The molecule has 140 valence electrons. The summed E-state index contributed by atoms with van der Waals surface area (Å²) in [6.45, 7) is 3.38. The minimum Gasteiger partial charge on any atom is -0.494 e. The molecule has 0 unspecified atom stereocenters. The van der Waals surface area contributed by atoms with Crippen LogP contribution in [-0.4, -0.2) is 22.4 Å². The number of fused-ring (bicyclic) bond motifs is 1. The molecular formula is C21H21ClN2O3. The zero-order valence-electron chi connectivity index (χ0n) is 15.2. The van der Waals surface area contributed by atoms with Gasteiger partial charge in [-0.2, -0.15) is 0 Å².